The third-order valence-corrected chi connectivity index (χ3v) is 3.41. The maximum Gasteiger partial charge on any atom is 1.00 e. The van der Waals surface area contributed by atoms with Crippen LogP contribution in [0.25, 0.3) is 10.9 Å². The molecule has 2 rings (SSSR count). The summed E-state index contributed by atoms with van der Waals surface area (Å²) in [6.45, 7) is -6.28. The fraction of sp³-hybridized carbons (Fsp3) is 0.100. The Hall–Kier alpha value is 0.881. The molecule has 0 radical (unpaired) electrons. The zero-order valence-electron chi connectivity index (χ0n) is 9.84. The molecular formula is C10H6BBr2F3KNO. The van der Waals surface area contributed by atoms with Gasteiger partial charge in [-0.05, 0) is 28.1 Å². The van der Waals surface area contributed by atoms with Gasteiger partial charge in [-0.3, -0.25) is 4.98 Å². The number of hydrogen-bond donors (Lipinski definition) is 0. The maximum absolute atomic E-state index is 12.2. The quantitative estimate of drug-likeness (QED) is 0.700. The minimum atomic E-state index is -5.00. The molecule has 0 aliphatic rings. The monoisotopic (exact) mass is 421 g/mol. The Balaban J connectivity index is 0.00000180. The van der Waals surface area contributed by atoms with Gasteiger partial charge < -0.3 is 17.7 Å². The van der Waals surface area contributed by atoms with Crippen LogP contribution in [0.2, 0.25) is 0 Å². The average Bonchev–Trinajstić information content (AvgIpc) is 2.27. The molecule has 0 bridgehead atoms. The van der Waals surface area contributed by atoms with E-state index >= 15 is 0 Å². The molecule has 0 saturated heterocycles. The van der Waals surface area contributed by atoms with Crippen molar-refractivity contribution in [3.05, 3.63) is 33.3 Å². The number of halogens is 5. The molecule has 0 aliphatic carbocycles. The van der Waals surface area contributed by atoms with Gasteiger partial charge in [0, 0.05) is 16.1 Å². The standard InChI is InChI=1S/C10H6BBr2F3NO.K/c12-7-4-8(13)10(18-5-11(14,15)16)9-6(7)2-1-3-17-9;/h1-4H,5H2;/q-1;+1. The molecule has 0 spiro atoms. The largest absolute Gasteiger partial charge is 1.00 e. The zero-order chi connectivity index (χ0) is 13.3. The van der Waals surface area contributed by atoms with Crippen molar-refractivity contribution in [1.29, 1.82) is 0 Å². The van der Waals surface area contributed by atoms with Crippen molar-refractivity contribution in [1.82, 2.24) is 4.98 Å². The first kappa shape index (κ1) is 17.9. The van der Waals surface area contributed by atoms with Crippen molar-refractivity contribution < 1.29 is 69.1 Å². The molecule has 0 atom stereocenters. The Morgan fingerprint density at radius 3 is 2.53 bits per heavy atom. The zero-order valence-corrected chi connectivity index (χ0v) is 16.1. The van der Waals surface area contributed by atoms with Gasteiger partial charge in [-0.25, -0.2) is 0 Å². The van der Waals surface area contributed by atoms with Crippen LogP contribution in [-0.2, 0) is 0 Å². The summed E-state index contributed by atoms with van der Waals surface area (Å²) in [5.74, 6) is 0.105. The van der Waals surface area contributed by atoms with Gasteiger partial charge in [-0.1, -0.05) is 22.0 Å². The molecule has 9 heteroatoms. The first-order valence-corrected chi connectivity index (χ1v) is 6.53. The topological polar surface area (TPSA) is 22.1 Å². The van der Waals surface area contributed by atoms with E-state index in [4.69, 9.17) is 4.74 Å². The summed E-state index contributed by atoms with van der Waals surface area (Å²) in [5.41, 5.74) is 0.388. The average molecular weight is 423 g/mol. The van der Waals surface area contributed by atoms with Gasteiger partial charge in [0.15, 0.2) is 5.75 Å². The van der Waals surface area contributed by atoms with E-state index in [9.17, 15) is 12.9 Å². The Morgan fingerprint density at radius 2 is 1.89 bits per heavy atom. The summed E-state index contributed by atoms with van der Waals surface area (Å²) in [5, 5.41) is 0.699. The van der Waals surface area contributed by atoms with E-state index in [2.05, 4.69) is 36.8 Å². The molecule has 0 saturated carbocycles. The summed E-state index contributed by atoms with van der Waals surface area (Å²) in [6.07, 6.45) is 1.51. The predicted octanol–water partition coefficient (Wildman–Crippen LogP) is 1.53. The van der Waals surface area contributed by atoms with Gasteiger partial charge in [0.1, 0.15) is 5.52 Å². The smallest absolute Gasteiger partial charge is 0.519 e. The molecule has 96 valence electrons. The van der Waals surface area contributed by atoms with Crippen LogP contribution in [0.3, 0.4) is 0 Å². The van der Waals surface area contributed by atoms with E-state index < -0.39 is 13.5 Å². The summed E-state index contributed by atoms with van der Waals surface area (Å²) in [7, 11) is 0. The molecule has 0 N–H and O–H groups in total. The summed E-state index contributed by atoms with van der Waals surface area (Å²) in [6, 6.07) is 5.10. The van der Waals surface area contributed by atoms with Crippen LogP contribution in [0.4, 0.5) is 12.9 Å². The number of fused-ring (bicyclic) bond motifs is 1. The molecule has 1 aromatic carbocycles. The molecule has 1 aromatic heterocycles. The molecule has 19 heavy (non-hydrogen) atoms. The number of benzene rings is 1. The normalized spacial score (nSPS) is 11.2. The van der Waals surface area contributed by atoms with Crippen LogP contribution in [0.1, 0.15) is 0 Å². The van der Waals surface area contributed by atoms with Crippen molar-refractivity contribution in [2.75, 3.05) is 6.51 Å². The molecule has 0 unspecified atom stereocenters. The van der Waals surface area contributed by atoms with E-state index in [-0.39, 0.29) is 57.1 Å². The fourth-order valence-corrected chi connectivity index (χ4v) is 2.85. The van der Waals surface area contributed by atoms with Crippen LogP contribution >= 0.6 is 31.9 Å². The second kappa shape index (κ2) is 7.24. The molecular weight excluding hydrogens is 417 g/mol. The number of nitrogens with zero attached hydrogens (tertiary/aromatic N) is 1. The van der Waals surface area contributed by atoms with Gasteiger partial charge in [0.25, 0.3) is 0 Å². The van der Waals surface area contributed by atoms with Crippen LogP contribution in [0.15, 0.2) is 33.3 Å². The first-order chi connectivity index (χ1) is 8.38. The van der Waals surface area contributed by atoms with Gasteiger partial charge in [-0.2, -0.15) is 0 Å². The molecule has 0 amide bonds. The van der Waals surface area contributed by atoms with Crippen molar-refractivity contribution >= 4 is 49.7 Å². The number of rotatable bonds is 3. The summed E-state index contributed by atoms with van der Waals surface area (Å²) < 4.78 is 42.7. The summed E-state index contributed by atoms with van der Waals surface area (Å²) in [4.78, 5) is 4.06. The molecule has 2 aromatic rings. The molecule has 0 aliphatic heterocycles. The second-order valence-electron chi connectivity index (χ2n) is 3.59. The maximum atomic E-state index is 12.2. The number of ether oxygens (including phenoxy) is 1. The van der Waals surface area contributed by atoms with Gasteiger partial charge >= 0.3 is 58.4 Å². The van der Waals surface area contributed by atoms with Crippen molar-refractivity contribution in [3.63, 3.8) is 0 Å². The first-order valence-electron chi connectivity index (χ1n) is 4.95. The van der Waals surface area contributed by atoms with Crippen molar-refractivity contribution in [2.45, 2.75) is 0 Å². The third kappa shape index (κ3) is 4.69. The Morgan fingerprint density at radius 1 is 1.21 bits per heavy atom. The van der Waals surface area contributed by atoms with E-state index in [1.165, 1.54) is 6.20 Å². The van der Waals surface area contributed by atoms with Crippen LogP contribution in [-0.4, -0.2) is 18.5 Å². The summed E-state index contributed by atoms with van der Waals surface area (Å²) >= 11 is 6.51. The van der Waals surface area contributed by atoms with Crippen molar-refractivity contribution in [2.24, 2.45) is 0 Å². The Bertz CT molecular complexity index is 597. The van der Waals surface area contributed by atoms with E-state index in [1.54, 1.807) is 18.2 Å². The second-order valence-corrected chi connectivity index (χ2v) is 5.30. The number of pyridine rings is 1. The van der Waals surface area contributed by atoms with Crippen LogP contribution < -0.4 is 56.1 Å². The number of aromatic nitrogens is 1. The SMILES string of the molecule is F[B-](F)(F)COc1c(Br)cc(Br)c2cccnc12.[K+]. The Kier molecular flexibility index (Phi) is 6.83. The van der Waals surface area contributed by atoms with E-state index in [1.807, 2.05) is 0 Å². The minimum absolute atomic E-state index is 0. The molecule has 0 fully saturated rings. The van der Waals surface area contributed by atoms with Gasteiger partial charge in [-0.15, -0.1) is 0 Å². The predicted molar refractivity (Wildman–Crippen MR) is 71.7 cm³/mol. The van der Waals surface area contributed by atoms with E-state index in [0.29, 0.717) is 15.4 Å². The molecule has 1 heterocycles. The van der Waals surface area contributed by atoms with Crippen LogP contribution in [0.5, 0.6) is 5.75 Å². The van der Waals surface area contributed by atoms with Crippen LogP contribution in [0, 0.1) is 0 Å². The third-order valence-electron chi connectivity index (χ3n) is 2.17. The van der Waals surface area contributed by atoms with Crippen molar-refractivity contribution in [3.8, 4) is 5.75 Å². The van der Waals surface area contributed by atoms with Gasteiger partial charge in [0.05, 0.1) is 11.0 Å². The number of hydrogen-bond acceptors (Lipinski definition) is 2. The van der Waals surface area contributed by atoms with E-state index in [0.717, 1.165) is 4.47 Å². The molecule has 2 nitrogen and oxygen atoms in total. The van der Waals surface area contributed by atoms with Gasteiger partial charge in [0.2, 0.25) is 0 Å². The fourth-order valence-electron chi connectivity index (χ4n) is 1.46. The minimum Gasteiger partial charge on any atom is -0.519 e. The Labute approximate surface area is 167 Å².